The SMILES string of the molecule is COC1CC(O)(c2c(F)ccc(C)c2F)C1. The van der Waals surface area contributed by atoms with Crippen molar-refractivity contribution in [2.24, 2.45) is 0 Å². The van der Waals surface area contributed by atoms with E-state index in [1.165, 1.54) is 19.2 Å². The third-order valence-corrected chi connectivity index (χ3v) is 3.21. The van der Waals surface area contributed by atoms with Crippen LogP contribution in [0.25, 0.3) is 0 Å². The van der Waals surface area contributed by atoms with Crippen LogP contribution in [0.3, 0.4) is 0 Å². The molecule has 0 aliphatic heterocycles. The number of hydrogen-bond acceptors (Lipinski definition) is 2. The van der Waals surface area contributed by atoms with Gasteiger partial charge in [-0.3, -0.25) is 0 Å². The predicted octanol–water partition coefficient (Wildman–Crippen LogP) is 2.27. The summed E-state index contributed by atoms with van der Waals surface area (Å²) >= 11 is 0. The van der Waals surface area contributed by atoms with Crippen molar-refractivity contribution in [2.75, 3.05) is 7.11 Å². The van der Waals surface area contributed by atoms with Gasteiger partial charge in [0.1, 0.15) is 17.2 Å². The third kappa shape index (κ3) is 1.62. The summed E-state index contributed by atoms with van der Waals surface area (Å²) < 4.78 is 32.3. The van der Waals surface area contributed by atoms with Crippen LogP contribution in [0.1, 0.15) is 24.0 Å². The molecule has 1 fully saturated rings. The largest absolute Gasteiger partial charge is 0.385 e. The Morgan fingerprint density at radius 1 is 1.38 bits per heavy atom. The van der Waals surface area contributed by atoms with E-state index in [1.807, 2.05) is 0 Å². The predicted molar refractivity (Wildman–Crippen MR) is 55.0 cm³/mol. The Labute approximate surface area is 92.9 Å². The van der Waals surface area contributed by atoms with Crippen molar-refractivity contribution in [3.63, 3.8) is 0 Å². The Morgan fingerprint density at radius 3 is 2.56 bits per heavy atom. The summed E-state index contributed by atoms with van der Waals surface area (Å²) in [6, 6.07) is 2.55. The van der Waals surface area contributed by atoms with Gasteiger partial charge in [-0.1, -0.05) is 6.07 Å². The minimum absolute atomic E-state index is 0.121. The van der Waals surface area contributed by atoms with Crippen molar-refractivity contribution in [3.8, 4) is 0 Å². The molecular formula is C12H14F2O2. The second-order valence-corrected chi connectivity index (χ2v) is 4.35. The molecule has 1 aromatic carbocycles. The van der Waals surface area contributed by atoms with Gasteiger partial charge < -0.3 is 9.84 Å². The van der Waals surface area contributed by atoms with Crippen molar-refractivity contribution in [2.45, 2.75) is 31.5 Å². The Balaban J connectivity index is 2.38. The van der Waals surface area contributed by atoms with Gasteiger partial charge in [-0.05, 0) is 18.6 Å². The molecule has 0 bridgehead atoms. The normalized spacial score (nSPS) is 28.9. The van der Waals surface area contributed by atoms with E-state index >= 15 is 0 Å². The minimum Gasteiger partial charge on any atom is -0.385 e. The fourth-order valence-corrected chi connectivity index (χ4v) is 2.15. The van der Waals surface area contributed by atoms with Crippen molar-refractivity contribution in [1.82, 2.24) is 0 Å². The highest BCUT2D eigenvalue weighted by molar-refractivity contribution is 5.33. The summed E-state index contributed by atoms with van der Waals surface area (Å²) in [5.74, 6) is -1.35. The van der Waals surface area contributed by atoms with Crippen LogP contribution < -0.4 is 0 Å². The van der Waals surface area contributed by atoms with Gasteiger partial charge in [0.15, 0.2) is 0 Å². The lowest BCUT2D eigenvalue weighted by atomic mass is 9.72. The molecule has 1 aliphatic rings. The molecule has 0 atom stereocenters. The first-order valence-corrected chi connectivity index (χ1v) is 5.18. The Hall–Kier alpha value is -1.00. The lowest BCUT2D eigenvalue weighted by Crippen LogP contribution is -2.46. The van der Waals surface area contributed by atoms with Crippen LogP contribution in [0.2, 0.25) is 0 Å². The van der Waals surface area contributed by atoms with Crippen molar-refractivity contribution in [1.29, 1.82) is 0 Å². The zero-order valence-electron chi connectivity index (χ0n) is 9.26. The van der Waals surface area contributed by atoms with Gasteiger partial charge >= 0.3 is 0 Å². The van der Waals surface area contributed by atoms with E-state index < -0.39 is 17.2 Å². The van der Waals surface area contributed by atoms with E-state index in [2.05, 4.69) is 0 Å². The molecule has 0 aromatic heterocycles. The van der Waals surface area contributed by atoms with Crippen LogP contribution in [0.5, 0.6) is 0 Å². The molecule has 0 unspecified atom stereocenters. The van der Waals surface area contributed by atoms with Crippen LogP contribution >= 0.6 is 0 Å². The van der Waals surface area contributed by atoms with Gasteiger partial charge in [-0.25, -0.2) is 8.78 Å². The van der Waals surface area contributed by atoms with Gasteiger partial charge in [0.2, 0.25) is 0 Å². The highest BCUT2D eigenvalue weighted by Crippen LogP contribution is 2.45. The van der Waals surface area contributed by atoms with Gasteiger partial charge in [-0.2, -0.15) is 0 Å². The lowest BCUT2D eigenvalue weighted by molar-refractivity contribution is -0.136. The van der Waals surface area contributed by atoms with E-state index in [-0.39, 0.29) is 24.5 Å². The molecule has 1 aromatic rings. The standard InChI is InChI=1S/C12H14F2O2/c1-7-3-4-9(13)10(11(7)14)12(15)5-8(6-12)16-2/h3-4,8,15H,5-6H2,1-2H3. The summed E-state index contributed by atoms with van der Waals surface area (Å²) in [6.45, 7) is 1.55. The maximum absolute atomic E-state index is 13.8. The quantitative estimate of drug-likeness (QED) is 0.841. The molecular weight excluding hydrogens is 214 g/mol. The zero-order valence-corrected chi connectivity index (χ0v) is 9.26. The maximum atomic E-state index is 13.8. The summed E-state index contributed by atoms with van der Waals surface area (Å²) in [7, 11) is 1.52. The van der Waals surface area contributed by atoms with Crippen LogP contribution in [0.15, 0.2) is 12.1 Å². The smallest absolute Gasteiger partial charge is 0.135 e. The maximum Gasteiger partial charge on any atom is 0.135 e. The fraction of sp³-hybridized carbons (Fsp3) is 0.500. The van der Waals surface area contributed by atoms with Gasteiger partial charge in [0.05, 0.1) is 11.7 Å². The molecule has 0 heterocycles. The van der Waals surface area contributed by atoms with E-state index in [0.717, 1.165) is 0 Å². The number of ether oxygens (including phenoxy) is 1. The van der Waals surface area contributed by atoms with E-state index in [0.29, 0.717) is 5.56 Å². The minimum atomic E-state index is -1.42. The molecule has 4 heteroatoms. The molecule has 1 saturated carbocycles. The highest BCUT2D eigenvalue weighted by atomic mass is 19.1. The summed E-state index contributed by atoms with van der Waals surface area (Å²) in [6.07, 6.45) is 0.353. The lowest BCUT2D eigenvalue weighted by Gasteiger charge is -2.43. The van der Waals surface area contributed by atoms with Crippen LogP contribution in [-0.4, -0.2) is 18.3 Å². The van der Waals surface area contributed by atoms with Crippen LogP contribution in [-0.2, 0) is 10.3 Å². The fourth-order valence-electron chi connectivity index (χ4n) is 2.15. The summed E-state index contributed by atoms with van der Waals surface area (Å²) in [5, 5.41) is 10.1. The number of aryl methyl sites for hydroxylation is 1. The zero-order chi connectivity index (χ0) is 11.9. The molecule has 0 spiro atoms. The number of methoxy groups -OCH3 is 1. The number of aliphatic hydroxyl groups is 1. The van der Waals surface area contributed by atoms with Gasteiger partial charge in [0, 0.05) is 20.0 Å². The van der Waals surface area contributed by atoms with E-state index in [1.54, 1.807) is 6.92 Å². The number of hydrogen-bond donors (Lipinski definition) is 1. The topological polar surface area (TPSA) is 29.5 Å². The average Bonchev–Trinajstić information content (AvgIpc) is 2.20. The van der Waals surface area contributed by atoms with E-state index in [9.17, 15) is 13.9 Å². The number of halogens is 2. The molecule has 1 aliphatic carbocycles. The first-order valence-electron chi connectivity index (χ1n) is 5.18. The molecule has 0 amide bonds. The molecule has 2 nitrogen and oxygen atoms in total. The summed E-state index contributed by atoms with van der Waals surface area (Å²) in [5.41, 5.74) is -1.30. The Morgan fingerprint density at radius 2 is 2.00 bits per heavy atom. The third-order valence-electron chi connectivity index (χ3n) is 3.21. The first kappa shape index (κ1) is 11.5. The molecule has 0 radical (unpaired) electrons. The van der Waals surface area contributed by atoms with Gasteiger partial charge in [0.25, 0.3) is 0 Å². The monoisotopic (exact) mass is 228 g/mol. The highest BCUT2D eigenvalue weighted by Gasteiger charge is 2.47. The Bertz CT molecular complexity index is 412. The van der Waals surface area contributed by atoms with Crippen molar-refractivity contribution >= 4 is 0 Å². The average molecular weight is 228 g/mol. The molecule has 16 heavy (non-hydrogen) atoms. The van der Waals surface area contributed by atoms with Gasteiger partial charge in [-0.15, -0.1) is 0 Å². The van der Waals surface area contributed by atoms with Crippen molar-refractivity contribution in [3.05, 3.63) is 34.9 Å². The van der Waals surface area contributed by atoms with Crippen LogP contribution in [0.4, 0.5) is 8.78 Å². The first-order chi connectivity index (χ1) is 7.48. The summed E-state index contributed by atoms with van der Waals surface area (Å²) in [4.78, 5) is 0. The molecule has 0 saturated heterocycles. The van der Waals surface area contributed by atoms with E-state index in [4.69, 9.17) is 4.74 Å². The second kappa shape index (κ2) is 3.79. The number of rotatable bonds is 2. The second-order valence-electron chi connectivity index (χ2n) is 4.35. The molecule has 1 N–H and O–H groups in total. The van der Waals surface area contributed by atoms with Crippen LogP contribution in [0, 0.1) is 18.6 Å². The molecule has 88 valence electrons. The molecule has 2 rings (SSSR count). The Kier molecular flexibility index (Phi) is 2.72. The van der Waals surface area contributed by atoms with Crippen molar-refractivity contribution < 1.29 is 18.6 Å². The number of benzene rings is 1.